The number of hydrogen-bond acceptors (Lipinski definition) is 3. The Morgan fingerprint density at radius 2 is 2.33 bits per heavy atom. The molecule has 1 aromatic rings. The fourth-order valence-electron chi connectivity index (χ4n) is 1.30. The van der Waals surface area contributed by atoms with Gasteiger partial charge in [-0.05, 0) is 18.6 Å². The van der Waals surface area contributed by atoms with E-state index in [1.54, 1.807) is 18.0 Å². The SMILES string of the molecule is CCCCCC(=O)CSCc1ccco1. The summed E-state index contributed by atoms with van der Waals surface area (Å²) >= 11 is 1.63. The Morgan fingerprint density at radius 3 is 3.00 bits per heavy atom. The topological polar surface area (TPSA) is 30.2 Å². The van der Waals surface area contributed by atoms with Gasteiger partial charge in [0, 0.05) is 6.42 Å². The Kier molecular flexibility index (Phi) is 6.25. The van der Waals surface area contributed by atoms with Crippen molar-refractivity contribution in [3.05, 3.63) is 24.2 Å². The number of furan rings is 1. The Morgan fingerprint density at radius 1 is 1.47 bits per heavy atom. The van der Waals surface area contributed by atoms with Crippen molar-refractivity contribution in [2.45, 2.75) is 38.4 Å². The lowest BCUT2D eigenvalue weighted by Gasteiger charge is -1.99. The van der Waals surface area contributed by atoms with Crippen molar-refractivity contribution < 1.29 is 9.21 Å². The van der Waals surface area contributed by atoms with Gasteiger partial charge in [0.05, 0.1) is 17.8 Å². The van der Waals surface area contributed by atoms with Gasteiger partial charge in [-0.15, -0.1) is 11.8 Å². The fraction of sp³-hybridized carbons (Fsp3) is 0.583. The third kappa shape index (κ3) is 5.67. The molecule has 0 aromatic carbocycles. The first-order valence-corrected chi connectivity index (χ1v) is 6.60. The van der Waals surface area contributed by atoms with Gasteiger partial charge in [0.15, 0.2) is 0 Å². The second-order valence-corrected chi connectivity index (χ2v) is 4.55. The maximum Gasteiger partial charge on any atom is 0.142 e. The Bertz CT molecular complexity index is 267. The first-order valence-electron chi connectivity index (χ1n) is 5.44. The van der Waals surface area contributed by atoms with E-state index < -0.39 is 0 Å². The lowest BCUT2D eigenvalue weighted by Crippen LogP contribution is -2.01. The highest BCUT2D eigenvalue weighted by atomic mass is 32.2. The molecule has 2 nitrogen and oxygen atoms in total. The second-order valence-electron chi connectivity index (χ2n) is 3.57. The van der Waals surface area contributed by atoms with E-state index in [0.29, 0.717) is 11.5 Å². The van der Waals surface area contributed by atoms with Crippen LogP contribution in [0.15, 0.2) is 22.8 Å². The van der Waals surface area contributed by atoms with Crippen LogP contribution in [0.3, 0.4) is 0 Å². The molecule has 0 unspecified atom stereocenters. The molecule has 0 fully saturated rings. The molecule has 0 spiro atoms. The van der Waals surface area contributed by atoms with Crippen LogP contribution in [0.25, 0.3) is 0 Å². The minimum atomic E-state index is 0.361. The van der Waals surface area contributed by atoms with Gasteiger partial charge in [0.2, 0.25) is 0 Å². The number of Topliss-reactive ketones (excluding diaryl/α,β-unsaturated/α-hetero) is 1. The molecule has 0 radical (unpaired) electrons. The minimum absolute atomic E-state index is 0.361. The monoisotopic (exact) mass is 226 g/mol. The van der Waals surface area contributed by atoms with Crippen LogP contribution in [0.2, 0.25) is 0 Å². The van der Waals surface area contributed by atoms with Gasteiger partial charge >= 0.3 is 0 Å². The highest BCUT2D eigenvalue weighted by molar-refractivity contribution is 7.99. The summed E-state index contributed by atoms with van der Waals surface area (Å²) in [4.78, 5) is 11.4. The molecule has 0 N–H and O–H groups in total. The van der Waals surface area contributed by atoms with Crippen LogP contribution < -0.4 is 0 Å². The van der Waals surface area contributed by atoms with Crippen molar-refractivity contribution in [3.63, 3.8) is 0 Å². The van der Waals surface area contributed by atoms with E-state index in [9.17, 15) is 4.79 Å². The van der Waals surface area contributed by atoms with Crippen LogP contribution in [0.4, 0.5) is 0 Å². The lowest BCUT2D eigenvalue weighted by molar-refractivity contribution is -0.116. The van der Waals surface area contributed by atoms with E-state index in [1.165, 1.54) is 6.42 Å². The third-order valence-electron chi connectivity index (χ3n) is 2.15. The predicted molar refractivity (Wildman–Crippen MR) is 64.0 cm³/mol. The molecule has 1 rings (SSSR count). The molecule has 0 saturated carbocycles. The fourth-order valence-corrected chi connectivity index (χ4v) is 2.14. The number of unbranched alkanes of at least 4 members (excludes halogenated alkanes) is 2. The number of carbonyl (C=O) groups excluding carboxylic acids is 1. The van der Waals surface area contributed by atoms with E-state index in [0.717, 1.165) is 30.8 Å². The molecule has 0 bridgehead atoms. The summed E-state index contributed by atoms with van der Waals surface area (Å²) in [6, 6.07) is 3.81. The average Bonchev–Trinajstić information content (AvgIpc) is 2.71. The van der Waals surface area contributed by atoms with E-state index in [1.807, 2.05) is 12.1 Å². The number of hydrogen-bond donors (Lipinski definition) is 0. The summed E-state index contributed by atoms with van der Waals surface area (Å²) in [5, 5.41) is 0. The standard InChI is InChI=1S/C12H18O2S/c1-2-3-4-6-11(13)9-15-10-12-7-5-8-14-12/h5,7-8H,2-4,6,9-10H2,1H3. The van der Waals surface area contributed by atoms with Crippen molar-refractivity contribution in [2.24, 2.45) is 0 Å². The van der Waals surface area contributed by atoms with Crippen molar-refractivity contribution in [1.82, 2.24) is 0 Å². The number of thioether (sulfide) groups is 1. The molecule has 1 aromatic heterocycles. The molecule has 0 aliphatic carbocycles. The van der Waals surface area contributed by atoms with E-state index in [4.69, 9.17) is 4.42 Å². The summed E-state index contributed by atoms with van der Waals surface area (Å²) in [5.41, 5.74) is 0. The van der Waals surface area contributed by atoms with Gasteiger partial charge in [-0.1, -0.05) is 19.8 Å². The van der Waals surface area contributed by atoms with Gasteiger partial charge < -0.3 is 4.42 Å². The summed E-state index contributed by atoms with van der Waals surface area (Å²) in [7, 11) is 0. The van der Waals surface area contributed by atoms with Crippen LogP contribution in [0.5, 0.6) is 0 Å². The molecule has 15 heavy (non-hydrogen) atoms. The number of rotatable bonds is 8. The Hall–Kier alpha value is -0.700. The first-order chi connectivity index (χ1) is 7.33. The highest BCUT2D eigenvalue weighted by Gasteiger charge is 2.02. The van der Waals surface area contributed by atoms with Crippen LogP contribution in [0, 0.1) is 0 Å². The van der Waals surface area contributed by atoms with Crippen LogP contribution in [-0.4, -0.2) is 11.5 Å². The van der Waals surface area contributed by atoms with Crippen LogP contribution in [0.1, 0.15) is 38.4 Å². The molecule has 0 aliphatic rings. The number of ketones is 1. The predicted octanol–water partition coefficient (Wildman–Crippen LogP) is 3.66. The molecule has 0 aliphatic heterocycles. The van der Waals surface area contributed by atoms with Crippen molar-refractivity contribution >= 4 is 17.5 Å². The normalized spacial score (nSPS) is 10.5. The van der Waals surface area contributed by atoms with Crippen molar-refractivity contribution in [3.8, 4) is 0 Å². The largest absolute Gasteiger partial charge is 0.468 e. The van der Waals surface area contributed by atoms with Gasteiger partial charge in [-0.3, -0.25) is 4.79 Å². The zero-order valence-electron chi connectivity index (χ0n) is 9.20. The van der Waals surface area contributed by atoms with E-state index in [-0.39, 0.29) is 0 Å². The van der Waals surface area contributed by atoms with Gasteiger partial charge in [-0.2, -0.15) is 0 Å². The van der Waals surface area contributed by atoms with Crippen LogP contribution >= 0.6 is 11.8 Å². The first kappa shape index (κ1) is 12.4. The average molecular weight is 226 g/mol. The zero-order chi connectivity index (χ0) is 10.9. The van der Waals surface area contributed by atoms with Crippen molar-refractivity contribution in [1.29, 1.82) is 0 Å². The third-order valence-corrected chi connectivity index (χ3v) is 3.16. The zero-order valence-corrected chi connectivity index (χ0v) is 10.0. The smallest absolute Gasteiger partial charge is 0.142 e. The number of carbonyl (C=O) groups is 1. The molecule has 1 heterocycles. The molecular formula is C12H18O2S. The minimum Gasteiger partial charge on any atom is -0.468 e. The van der Waals surface area contributed by atoms with E-state index >= 15 is 0 Å². The summed E-state index contributed by atoms with van der Waals surface area (Å²) < 4.78 is 5.18. The van der Waals surface area contributed by atoms with Gasteiger partial charge in [0.1, 0.15) is 11.5 Å². The highest BCUT2D eigenvalue weighted by Crippen LogP contribution is 2.13. The second kappa shape index (κ2) is 7.57. The quantitative estimate of drug-likeness (QED) is 0.634. The Labute approximate surface area is 95.4 Å². The van der Waals surface area contributed by atoms with Crippen LogP contribution in [-0.2, 0) is 10.5 Å². The lowest BCUT2D eigenvalue weighted by atomic mass is 10.2. The molecule has 0 saturated heterocycles. The molecule has 0 atom stereocenters. The molecule has 84 valence electrons. The Balaban J connectivity index is 2.02. The molecule has 3 heteroatoms. The van der Waals surface area contributed by atoms with Gasteiger partial charge in [-0.25, -0.2) is 0 Å². The molecule has 0 amide bonds. The van der Waals surface area contributed by atoms with Gasteiger partial charge in [0.25, 0.3) is 0 Å². The summed E-state index contributed by atoms with van der Waals surface area (Å²) in [5.74, 6) is 2.72. The van der Waals surface area contributed by atoms with Crippen molar-refractivity contribution in [2.75, 3.05) is 5.75 Å². The summed E-state index contributed by atoms with van der Waals surface area (Å²) in [6.45, 7) is 2.15. The maximum absolute atomic E-state index is 11.4. The van der Waals surface area contributed by atoms with E-state index in [2.05, 4.69) is 6.92 Å². The summed E-state index contributed by atoms with van der Waals surface area (Å²) in [6.07, 6.45) is 5.77. The maximum atomic E-state index is 11.4. The molecular weight excluding hydrogens is 208 g/mol.